The molecule has 0 saturated heterocycles. The lowest BCUT2D eigenvalue weighted by Crippen LogP contribution is -2.28. The van der Waals surface area contributed by atoms with Crippen LogP contribution in [0.5, 0.6) is 0 Å². The minimum Gasteiger partial charge on any atom is -0.469 e. The van der Waals surface area contributed by atoms with Crippen molar-refractivity contribution in [2.45, 2.75) is 61.2 Å². The molecule has 1 aliphatic heterocycles. The number of ether oxygens (including phenoxy) is 1. The van der Waals surface area contributed by atoms with E-state index < -0.39 is 35.4 Å². The Kier molecular flexibility index (Phi) is 6.49. The van der Waals surface area contributed by atoms with Crippen LogP contribution in [-0.2, 0) is 35.2 Å². The number of aliphatic imine (C=N–C) groups is 1. The van der Waals surface area contributed by atoms with E-state index in [1.165, 1.54) is 19.2 Å². The standard InChI is InChI=1S/C21H25NO8S2/c1-13-21(2,10-6-4-5-7-19(23)30-3)20-16-11-14(31(24,25)26)12-18(32(27,28)29)15(16)8-9-17(20)22-13/h8-9,11-12H,4-7,10H2,1-3H3,(H,24,25,26)(H,27,28,29). The quantitative estimate of drug-likeness (QED) is 0.327. The molecule has 0 amide bonds. The number of carbonyl (C=O) groups is 1. The molecule has 32 heavy (non-hydrogen) atoms. The second kappa shape index (κ2) is 8.54. The maximum atomic E-state index is 12.0. The molecule has 11 heteroatoms. The summed E-state index contributed by atoms with van der Waals surface area (Å²) >= 11 is 0. The molecule has 174 valence electrons. The van der Waals surface area contributed by atoms with Crippen molar-refractivity contribution in [3.05, 3.63) is 29.8 Å². The number of carbonyl (C=O) groups excluding carboxylic acids is 1. The highest BCUT2D eigenvalue weighted by Crippen LogP contribution is 2.48. The fraction of sp³-hybridized carbons (Fsp3) is 0.429. The maximum absolute atomic E-state index is 12.0. The second-order valence-corrected chi connectivity index (χ2v) is 10.9. The number of nitrogens with zero attached hydrogens (tertiary/aromatic N) is 1. The molecule has 1 aliphatic rings. The highest BCUT2D eigenvalue weighted by molar-refractivity contribution is 7.86. The summed E-state index contributed by atoms with van der Waals surface area (Å²) in [5.41, 5.74) is 1.35. The normalized spacial score (nSPS) is 18.5. The minimum absolute atomic E-state index is 0.139. The summed E-state index contributed by atoms with van der Waals surface area (Å²) in [6, 6.07) is 5.05. The fourth-order valence-corrected chi connectivity index (χ4v) is 5.56. The van der Waals surface area contributed by atoms with Gasteiger partial charge in [0.15, 0.2) is 0 Å². The molecule has 0 aliphatic carbocycles. The number of hydrogen-bond acceptors (Lipinski definition) is 7. The van der Waals surface area contributed by atoms with Gasteiger partial charge in [-0.25, -0.2) is 0 Å². The molecule has 0 saturated carbocycles. The van der Waals surface area contributed by atoms with Crippen LogP contribution >= 0.6 is 0 Å². The molecular weight excluding hydrogens is 458 g/mol. The van der Waals surface area contributed by atoms with Crippen molar-refractivity contribution in [1.82, 2.24) is 0 Å². The Hall–Kier alpha value is -2.34. The second-order valence-electron chi connectivity index (χ2n) is 8.09. The van der Waals surface area contributed by atoms with Gasteiger partial charge in [-0.2, -0.15) is 16.8 Å². The molecule has 0 fully saturated rings. The SMILES string of the molecule is COC(=O)CCCCCC1(C)C(C)=Nc2ccc3c(S(=O)(=O)O)cc(S(=O)(=O)O)cc3c21. The van der Waals surface area contributed by atoms with Crippen LogP contribution in [0, 0.1) is 0 Å². The van der Waals surface area contributed by atoms with Crippen molar-refractivity contribution in [2.24, 2.45) is 4.99 Å². The van der Waals surface area contributed by atoms with E-state index in [0.717, 1.165) is 24.6 Å². The van der Waals surface area contributed by atoms with E-state index in [1.54, 1.807) is 6.07 Å². The average molecular weight is 484 g/mol. The van der Waals surface area contributed by atoms with Crippen LogP contribution in [0.25, 0.3) is 10.8 Å². The third-order valence-electron chi connectivity index (χ3n) is 6.05. The molecule has 1 heterocycles. The van der Waals surface area contributed by atoms with Gasteiger partial charge in [0.25, 0.3) is 20.2 Å². The first kappa shape index (κ1) is 24.3. The number of methoxy groups -OCH3 is 1. The van der Waals surface area contributed by atoms with Gasteiger partial charge in [0.1, 0.15) is 4.90 Å². The van der Waals surface area contributed by atoms with E-state index in [0.29, 0.717) is 30.5 Å². The number of rotatable bonds is 8. The Morgan fingerprint density at radius 2 is 1.72 bits per heavy atom. The smallest absolute Gasteiger partial charge is 0.305 e. The van der Waals surface area contributed by atoms with Gasteiger partial charge in [-0.1, -0.05) is 25.8 Å². The van der Waals surface area contributed by atoms with Gasteiger partial charge in [-0.05, 0) is 48.9 Å². The fourth-order valence-electron chi connectivity index (χ4n) is 4.22. The summed E-state index contributed by atoms with van der Waals surface area (Å²) in [6.45, 7) is 3.78. The maximum Gasteiger partial charge on any atom is 0.305 e. The Bertz CT molecular complexity index is 1330. The molecule has 1 atom stereocenters. The van der Waals surface area contributed by atoms with Gasteiger partial charge in [0.05, 0.1) is 17.7 Å². The van der Waals surface area contributed by atoms with Gasteiger partial charge < -0.3 is 4.74 Å². The molecule has 0 bridgehead atoms. The van der Waals surface area contributed by atoms with Crippen LogP contribution in [0.2, 0.25) is 0 Å². The summed E-state index contributed by atoms with van der Waals surface area (Å²) < 4.78 is 71.5. The number of fused-ring (bicyclic) bond motifs is 3. The first-order chi connectivity index (χ1) is 14.8. The van der Waals surface area contributed by atoms with Crippen molar-refractivity contribution >= 4 is 48.4 Å². The van der Waals surface area contributed by atoms with E-state index in [4.69, 9.17) is 0 Å². The summed E-state index contributed by atoms with van der Waals surface area (Å²) in [4.78, 5) is 14.7. The molecule has 0 radical (unpaired) electrons. The predicted molar refractivity (Wildman–Crippen MR) is 119 cm³/mol. The lowest BCUT2D eigenvalue weighted by atomic mass is 9.74. The molecule has 0 aromatic heterocycles. The van der Waals surface area contributed by atoms with Gasteiger partial charge >= 0.3 is 5.97 Å². The van der Waals surface area contributed by atoms with Crippen LogP contribution in [0.1, 0.15) is 51.5 Å². The topological polar surface area (TPSA) is 147 Å². The first-order valence-electron chi connectivity index (χ1n) is 9.98. The van der Waals surface area contributed by atoms with Crippen LogP contribution in [-0.4, -0.2) is 44.7 Å². The molecule has 9 nitrogen and oxygen atoms in total. The molecule has 3 rings (SSSR count). The van der Waals surface area contributed by atoms with Crippen LogP contribution < -0.4 is 0 Å². The molecule has 2 aromatic rings. The summed E-state index contributed by atoms with van der Waals surface area (Å²) in [5, 5.41) is 0.420. The Labute approximate surface area is 187 Å². The van der Waals surface area contributed by atoms with Gasteiger partial charge in [-0.15, -0.1) is 0 Å². The highest BCUT2D eigenvalue weighted by Gasteiger charge is 2.38. The van der Waals surface area contributed by atoms with Gasteiger partial charge in [0.2, 0.25) is 0 Å². The highest BCUT2D eigenvalue weighted by atomic mass is 32.2. The van der Waals surface area contributed by atoms with E-state index in [1.807, 2.05) is 13.8 Å². The average Bonchev–Trinajstić information content (AvgIpc) is 2.95. The monoisotopic (exact) mass is 483 g/mol. The molecule has 2 N–H and O–H groups in total. The van der Waals surface area contributed by atoms with Crippen LogP contribution in [0.3, 0.4) is 0 Å². The minimum atomic E-state index is -4.77. The third-order valence-corrected chi connectivity index (χ3v) is 7.77. The Morgan fingerprint density at radius 3 is 2.31 bits per heavy atom. The van der Waals surface area contributed by atoms with Crippen molar-refractivity contribution in [3.63, 3.8) is 0 Å². The lowest BCUT2D eigenvalue weighted by molar-refractivity contribution is -0.140. The van der Waals surface area contributed by atoms with Gasteiger partial charge in [-0.3, -0.25) is 18.9 Å². The number of unbranched alkanes of at least 4 members (excludes halogenated alkanes) is 2. The van der Waals surface area contributed by atoms with Crippen molar-refractivity contribution < 1.29 is 35.5 Å². The van der Waals surface area contributed by atoms with Crippen molar-refractivity contribution in [3.8, 4) is 0 Å². The summed E-state index contributed by atoms with van der Waals surface area (Å²) in [5.74, 6) is -0.276. The molecular formula is C21H25NO8S2. The predicted octanol–water partition coefficient (Wildman–Crippen LogP) is 3.82. The van der Waals surface area contributed by atoms with E-state index in [2.05, 4.69) is 9.73 Å². The van der Waals surface area contributed by atoms with Crippen LogP contribution in [0.15, 0.2) is 39.0 Å². The summed E-state index contributed by atoms with van der Waals surface area (Å²) in [7, 11) is -8.17. The van der Waals surface area contributed by atoms with Gasteiger partial charge in [0, 0.05) is 22.9 Å². The number of hydrogen-bond donors (Lipinski definition) is 2. The lowest BCUT2D eigenvalue weighted by Gasteiger charge is -2.28. The molecule has 2 aromatic carbocycles. The third kappa shape index (κ3) is 4.56. The zero-order chi connectivity index (χ0) is 23.9. The zero-order valence-corrected chi connectivity index (χ0v) is 19.6. The number of esters is 1. The zero-order valence-electron chi connectivity index (χ0n) is 18.0. The number of benzene rings is 2. The molecule has 1 unspecified atom stereocenters. The Morgan fingerprint density at radius 1 is 1.03 bits per heavy atom. The Balaban J connectivity index is 2.11. The summed E-state index contributed by atoms with van der Waals surface area (Å²) in [6.07, 6.45) is 3.08. The van der Waals surface area contributed by atoms with E-state index in [9.17, 15) is 30.7 Å². The first-order valence-corrected chi connectivity index (χ1v) is 12.9. The van der Waals surface area contributed by atoms with E-state index in [-0.39, 0.29) is 16.7 Å². The molecule has 0 spiro atoms. The van der Waals surface area contributed by atoms with E-state index >= 15 is 0 Å². The van der Waals surface area contributed by atoms with Crippen LogP contribution in [0.4, 0.5) is 5.69 Å². The largest absolute Gasteiger partial charge is 0.469 e. The van der Waals surface area contributed by atoms with Crippen molar-refractivity contribution in [2.75, 3.05) is 7.11 Å². The van der Waals surface area contributed by atoms with Crippen molar-refractivity contribution in [1.29, 1.82) is 0 Å².